The van der Waals surface area contributed by atoms with E-state index in [1.165, 1.54) is 11.1 Å². The molecule has 0 unspecified atom stereocenters. The molecule has 5 heteroatoms. The maximum Gasteiger partial charge on any atom is 0.343 e. The van der Waals surface area contributed by atoms with Crippen molar-refractivity contribution in [3.63, 3.8) is 0 Å². The van der Waals surface area contributed by atoms with E-state index in [-0.39, 0.29) is 17.9 Å². The van der Waals surface area contributed by atoms with Crippen LogP contribution in [0.25, 0.3) is 11.8 Å². The average Bonchev–Trinajstić information content (AvgIpc) is 3.04. The Hall–Kier alpha value is -3.08. The predicted molar refractivity (Wildman–Crippen MR) is 112 cm³/mol. The van der Waals surface area contributed by atoms with Crippen LogP contribution in [0.5, 0.6) is 0 Å². The second-order valence-corrected chi connectivity index (χ2v) is 7.12. The molecule has 2 heterocycles. The second kappa shape index (κ2) is 7.50. The van der Waals surface area contributed by atoms with Crippen LogP contribution >= 0.6 is 0 Å². The van der Waals surface area contributed by atoms with Crippen LogP contribution in [0, 0.1) is 27.7 Å². The first-order valence-electron chi connectivity index (χ1n) is 9.39. The van der Waals surface area contributed by atoms with Gasteiger partial charge in [-0.2, -0.15) is 0 Å². The summed E-state index contributed by atoms with van der Waals surface area (Å²) in [5.74, 6) is -0.683. The van der Waals surface area contributed by atoms with Crippen molar-refractivity contribution in [1.29, 1.82) is 0 Å². The van der Waals surface area contributed by atoms with Gasteiger partial charge in [0.2, 0.25) is 0 Å². The van der Waals surface area contributed by atoms with Gasteiger partial charge in [-0.15, -0.1) is 0 Å². The smallest absolute Gasteiger partial charge is 0.343 e. The van der Waals surface area contributed by atoms with Crippen molar-refractivity contribution in [1.82, 2.24) is 4.57 Å². The molecule has 0 bridgehead atoms. The Bertz CT molecular complexity index is 1050. The summed E-state index contributed by atoms with van der Waals surface area (Å²) in [5.41, 5.74) is 7.60. The summed E-state index contributed by atoms with van der Waals surface area (Å²) in [4.78, 5) is 16.5. The minimum absolute atomic E-state index is 0.132. The van der Waals surface area contributed by atoms with Gasteiger partial charge in [0.05, 0.1) is 12.3 Å². The molecule has 0 fully saturated rings. The van der Waals surface area contributed by atoms with E-state index in [2.05, 4.69) is 54.6 Å². The normalized spacial score (nSPS) is 15.4. The van der Waals surface area contributed by atoms with Crippen LogP contribution in [0.1, 0.15) is 41.9 Å². The molecule has 2 aromatic rings. The van der Waals surface area contributed by atoms with Crippen molar-refractivity contribution < 1.29 is 14.6 Å². The Morgan fingerprint density at radius 3 is 2.54 bits per heavy atom. The van der Waals surface area contributed by atoms with E-state index in [1.54, 1.807) is 13.8 Å². The number of rotatable bonds is 4. The highest BCUT2D eigenvalue weighted by Gasteiger charge is 2.28. The van der Waals surface area contributed by atoms with Crippen molar-refractivity contribution >= 4 is 17.8 Å². The fourth-order valence-electron chi connectivity index (χ4n) is 3.65. The number of hydrogen-bond donors (Lipinski definition) is 1. The highest BCUT2D eigenvalue weighted by molar-refractivity contribution is 6.22. The van der Waals surface area contributed by atoms with Gasteiger partial charge in [-0.1, -0.05) is 17.7 Å². The van der Waals surface area contributed by atoms with Gasteiger partial charge in [0.25, 0.3) is 0 Å². The number of esters is 1. The third kappa shape index (κ3) is 3.40. The lowest BCUT2D eigenvalue weighted by atomic mass is 10.1. The molecule has 0 saturated carbocycles. The summed E-state index contributed by atoms with van der Waals surface area (Å²) in [5, 5.41) is 10.5. The van der Waals surface area contributed by atoms with E-state index in [4.69, 9.17) is 4.74 Å². The van der Waals surface area contributed by atoms with Crippen molar-refractivity contribution in [3.05, 3.63) is 69.4 Å². The topological polar surface area (TPSA) is 63.8 Å². The quantitative estimate of drug-likeness (QED) is 0.770. The maximum atomic E-state index is 12.1. The summed E-state index contributed by atoms with van der Waals surface area (Å²) in [6.07, 6.45) is 1.81. The lowest BCUT2D eigenvalue weighted by Crippen LogP contribution is -2.13. The van der Waals surface area contributed by atoms with E-state index in [1.807, 2.05) is 13.0 Å². The highest BCUT2D eigenvalue weighted by atomic mass is 16.5. The number of aliphatic imine (C=N–C) groups is 1. The third-order valence-corrected chi connectivity index (χ3v) is 4.96. The van der Waals surface area contributed by atoms with Crippen LogP contribution < -0.4 is 0 Å². The molecule has 1 aromatic carbocycles. The number of aryl methyl sites for hydroxylation is 3. The zero-order valence-corrected chi connectivity index (χ0v) is 17.3. The molecule has 0 saturated heterocycles. The van der Waals surface area contributed by atoms with Gasteiger partial charge in [-0.3, -0.25) is 0 Å². The van der Waals surface area contributed by atoms with E-state index in [0.29, 0.717) is 11.4 Å². The fraction of sp³-hybridized carbons (Fsp3) is 0.304. The predicted octanol–water partition coefficient (Wildman–Crippen LogP) is 4.90. The molecule has 1 aliphatic rings. The molecule has 1 N–H and O–H groups in total. The Balaban J connectivity index is 2.06. The summed E-state index contributed by atoms with van der Waals surface area (Å²) in [6, 6.07) is 8.44. The Morgan fingerprint density at radius 1 is 1.18 bits per heavy atom. The van der Waals surface area contributed by atoms with Gasteiger partial charge in [-0.05, 0) is 70.9 Å². The lowest BCUT2D eigenvalue weighted by molar-refractivity contribution is -0.138. The number of aliphatic hydroxyl groups is 1. The summed E-state index contributed by atoms with van der Waals surface area (Å²) >= 11 is 0. The SMILES string of the molecule is CCOC(=O)C1=C(O)/C(=C\c2cc(C)n(-c3ccc(C)cc3C)c2C)N=C1C. The molecule has 0 radical (unpaired) electrons. The molecular formula is C23H26N2O3. The zero-order chi connectivity index (χ0) is 20.6. The van der Waals surface area contributed by atoms with Crippen LogP contribution in [-0.2, 0) is 9.53 Å². The first-order chi connectivity index (χ1) is 13.2. The van der Waals surface area contributed by atoms with Crippen molar-refractivity contribution in [2.45, 2.75) is 41.5 Å². The summed E-state index contributed by atoms with van der Waals surface area (Å²) in [6.45, 7) is 12.0. The maximum absolute atomic E-state index is 12.1. The minimum atomic E-state index is -0.551. The second-order valence-electron chi connectivity index (χ2n) is 7.12. The highest BCUT2D eigenvalue weighted by Crippen LogP contribution is 2.30. The number of benzene rings is 1. The van der Waals surface area contributed by atoms with Gasteiger partial charge in [0.1, 0.15) is 11.3 Å². The van der Waals surface area contributed by atoms with E-state index in [0.717, 1.165) is 22.6 Å². The summed E-state index contributed by atoms with van der Waals surface area (Å²) in [7, 11) is 0. The fourth-order valence-corrected chi connectivity index (χ4v) is 3.65. The van der Waals surface area contributed by atoms with Gasteiger partial charge < -0.3 is 14.4 Å². The van der Waals surface area contributed by atoms with E-state index in [9.17, 15) is 9.90 Å². The molecule has 146 valence electrons. The Morgan fingerprint density at radius 2 is 1.89 bits per heavy atom. The first-order valence-corrected chi connectivity index (χ1v) is 9.39. The summed E-state index contributed by atoms with van der Waals surface area (Å²) < 4.78 is 7.22. The van der Waals surface area contributed by atoms with Crippen molar-refractivity contribution in [3.8, 4) is 5.69 Å². The number of ether oxygens (including phenoxy) is 1. The standard InChI is InChI=1S/C23H26N2O3/c1-7-28-23(27)21-16(5)24-19(22(21)26)12-18-11-15(4)25(17(18)6)20-9-8-13(2)10-14(20)3/h8-12,26H,7H2,1-6H3/b19-12+. The monoisotopic (exact) mass is 378 g/mol. The van der Waals surface area contributed by atoms with Gasteiger partial charge >= 0.3 is 5.97 Å². The largest absolute Gasteiger partial charge is 0.505 e. The molecular weight excluding hydrogens is 352 g/mol. The number of carbonyl (C=O) groups is 1. The molecule has 28 heavy (non-hydrogen) atoms. The molecule has 1 aromatic heterocycles. The number of aliphatic hydroxyl groups excluding tert-OH is 1. The molecule has 5 nitrogen and oxygen atoms in total. The molecule has 0 spiro atoms. The minimum Gasteiger partial charge on any atom is -0.505 e. The number of carbonyl (C=O) groups excluding carboxylic acids is 1. The van der Waals surface area contributed by atoms with Crippen LogP contribution in [0.15, 0.2) is 46.3 Å². The van der Waals surface area contributed by atoms with Crippen molar-refractivity contribution in [2.24, 2.45) is 4.99 Å². The van der Waals surface area contributed by atoms with Crippen molar-refractivity contribution in [2.75, 3.05) is 6.61 Å². The first kappa shape index (κ1) is 19.7. The number of nitrogens with zero attached hydrogens (tertiary/aromatic N) is 2. The number of hydrogen-bond acceptors (Lipinski definition) is 4. The van der Waals surface area contributed by atoms with E-state index >= 15 is 0 Å². The van der Waals surface area contributed by atoms with Crippen LogP contribution in [-0.4, -0.2) is 28.0 Å². The molecule has 0 amide bonds. The van der Waals surface area contributed by atoms with Crippen LogP contribution in [0.3, 0.4) is 0 Å². The molecule has 0 atom stereocenters. The Labute approximate surface area is 165 Å². The third-order valence-electron chi connectivity index (χ3n) is 4.96. The molecule has 0 aliphatic carbocycles. The van der Waals surface area contributed by atoms with Crippen LogP contribution in [0.2, 0.25) is 0 Å². The lowest BCUT2D eigenvalue weighted by Gasteiger charge is -2.13. The molecule has 3 rings (SSSR count). The zero-order valence-electron chi connectivity index (χ0n) is 17.3. The number of aromatic nitrogens is 1. The average molecular weight is 378 g/mol. The van der Waals surface area contributed by atoms with E-state index < -0.39 is 5.97 Å². The van der Waals surface area contributed by atoms with Crippen LogP contribution in [0.4, 0.5) is 0 Å². The van der Waals surface area contributed by atoms with Gasteiger partial charge in [-0.25, -0.2) is 9.79 Å². The van der Waals surface area contributed by atoms with Gasteiger partial charge in [0.15, 0.2) is 5.76 Å². The van der Waals surface area contributed by atoms with Gasteiger partial charge in [0, 0.05) is 17.1 Å². The molecule has 1 aliphatic heterocycles. The Kier molecular flexibility index (Phi) is 5.27.